The molecule has 2 amide bonds. The van der Waals surface area contributed by atoms with Crippen LogP contribution in [-0.4, -0.2) is 75.2 Å². The number of amides is 2. The van der Waals surface area contributed by atoms with Gasteiger partial charge in [-0.1, -0.05) is 54.6 Å². The van der Waals surface area contributed by atoms with E-state index >= 15 is 0 Å². The molecule has 4 aromatic carbocycles. The summed E-state index contributed by atoms with van der Waals surface area (Å²) in [4.78, 5) is 33.4. The molecule has 4 aromatic rings. The summed E-state index contributed by atoms with van der Waals surface area (Å²) in [6.07, 6.45) is 1.86. The minimum atomic E-state index is -0.457. The highest BCUT2D eigenvalue weighted by Crippen LogP contribution is 2.30. The number of aliphatic imine (C=N–C) groups is 1. The van der Waals surface area contributed by atoms with Gasteiger partial charge in [0, 0.05) is 43.7 Å². The third-order valence-electron chi connectivity index (χ3n) is 8.70. The average molecular weight is 637 g/mol. The van der Waals surface area contributed by atoms with Crippen LogP contribution < -0.4 is 31.6 Å². The maximum absolute atomic E-state index is 14.2. The summed E-state index contributed by atoms with van der Waals surface area (Å²) in [5, 5.41) is 8.75. The smallest absolute Gasteiger partial charge is 0.251 e. The minimum Gasteiger partial charge on any atom is -0.497 e. The number of nitrogens with zero attached hydrogens (tertiary/aromatic N) is 2. The van der Waals surface area contributed by atoms with E-state index in [-0.39, 0.29) is 29.7 Å². The molecule has 2 atom stereocenters. The normalized spacial score (nSPS) is 16.5. The van der Waals surface area contributed by atoms with Gasteiger partial charge < -0.3 is 36.5 Å². The number of methoxy groups -OCH3 is 2. The van der Waals surface area contributed by atoms with E-state index in [1.807, 2.05) is 95.9 Å². The highest BCUT2D eigenvalue weighted by Gasteiger charge is 2.32. The zero-order valence-corrected chi connectivity index (χ0v) is 27.0. The fourth-order valence-electron chi connectivity index (χ4n) is 6.08. The molecular formula is C37H44N6O4. The minimum absolute atomic E-state index is 0.0186. The maximum Gasteiger partial charge on any atom is 0.251 e. The zero-order valence-electron chi connectivity index (χ0n) is 27.0. The molecule has 1 aliphatic rings. The maximum atomic E-state index is 14.2. The molecule has 0 aliphatic carbocycles. The van der Waals surface area contributed by atoms with E-state index in [4.69, 9.17) is 20.9 Å². The van der Waals surface area contributed by atoms with Gasteiger partial charge in [0.25, 0.3) is 5.91 Å². The van der Waals surface area contributed by atoms with Crippen molar-refractivity contribution < 1.29 is 19.1 Å². The Labute approximate surface area is 276 Å². The average Bonchev–Trinajstić information content (AvgIpc) is 3.25. The van der Waals surface area contributed by atoms with Crippen molar-refractivity contribution in [3.8, 4) is 11.5 Å². The summed E-state index contributed by atoms with van der Waals surface area (Å²) in [6, 6.07) is 29.1. The summed E-state index contributed by atoms with van der Waals surface area (Å²) in [7, 11) is 3.29. The fourth-order valence-corrected chi connectivity index (χ4v) is 6.08. The number of nitrogens with one attached hydrogen (secondary N) is 2. The van der Waals surface area contributed by atoms with Crippen molar-refractivity contribution >= 4 is 28.5 Å². The molecular weight excluding hydrogens is 592 g/mol. The van der Waals surface area contributed by atoms with Crippen LogP contribution in [0, 0.1) is 0 Å². The van der Waals surface area contributed by atoms with Crippen LogP contribution in [0.2, 0.25) is 0 Å². The van der Waals surface area contributed by atoms with E-state index in [0.717, 1.165) is 33.4 Å². The lowest BCUT2D eigenvalue weighted by Crippen LogP contribution is -2.49. The third kappa shape index (κ3) is 8.80. The Morgan fingerprint density at radius 2 is 1.57 bits per heavy atom. The predicted octanol–water partition coefficient (Wildman–Crippen LogP) is 4.03. The van der Waals surface area contributed by atoms with Gasteiger partial charge in [0.1, 0.15) is 11.5 Å². The zero-order chi connectivity index (χ0) is 33.2. The summed E-state index contributed by atoms with van der Waals surface area (Å²) in [5.74, 6) is 1.36. The fraction of sp³-hybridized carbons (Fsp3) is 0.324. The summed E-state index contributed by atoms with van der Waals surface area (Å²) in [6.45, 7) is 1.84. The lowest BCUT2D eigenvalue weighted by atomic mass is 9.90. The van der Waals surface area contributed by atoms with E-state index in [1.165, 1.54) is 0 Å². The number of rotatable bonds is 13. The molecule has 0 aromatic heterocycles. The van der Waals surface area contributed by atoms with Gasteiger partial charge in [-0.2, -0.15) is 0 Å². The molecule has 6 N–H and O–H groups in total. The Balaban J connectivity index is 1.34. The van der Waals surface area contributed by atoms with Gasteiger partial charge in [0.2, 0.25) is 5.91 Å². The van der Waals surface area contributed by atoms with Crippen molar-refractivity contribution in [2.24, 2.45) is 16.5 Å². The third-order valence-corrected chi connectivity index (χ3v) is 8.70. The number of hydrogen-bond acceptors (Lipinski definition) is 6. The molecule has 1 heterocycles. The first kappa shape index (κ1) is 33.3. The number of ether oxygens (including phenoxy) is 2. The van der Waals surface area contributed by atoms with Crippen molar-refractivity contribution in [2.75, 3.05) is 40.4 Å². The van der Waals surface area contributed by atoms with Crippen LogP contribution in [-0.2, 0) is 4.79 Å². The van der Waals surface area contributed by atoms with E-state index in [0.29, 0.717) is 51.0 Å². The molecule has 0 bridgehead atoms. The molecule has 0 saturated carbocycles. The van der Waals surface area contributed by atoms with Gasteiger partial charge in [0.15, 0.2) is 5.96 Å². The topological polar surface area (TPSA) is 144 Å². The van der Waals surface area contributed by atoms with Crippen LogP contribution in [0.25, 0.3) is 10.8 Å². The number of guanidine groups is 1. The number of carbonyl (C=O) groups is 2. The lowest BCUT2D eigenvalue weighted by molar-refractivity contribution is -0.133. The monoisotopic (exact) mass is 636 g/mol. The molecule has 10 nitrogen and oxygen atoms in total. The first-order valence-corrected chi connectivity index (χ1v) is 16.0. The molecule has 0 spiro atoms. The highest BCUT2D eigenvalue weighted by atomic mass is 16.5. The summed E-state index contributed by atoms with van der Waals surface area (Å²) < 4.78 is 10.8. The number of carbonyl (C=O) groups excluding carboxylic acids is 2. The van der Waals surface area contributed by atoms with Crippen LogP contribution in [0.3, 0.4) is 0 Å². The van der Waals surface area contributed by atoms with Gasteiger partial charge in [-0.3, -0.25) is 14.6 Å². The van der Waals surface area contributed by atoms with Gasteiger partial charge in [-0.25, -0.2) is 0 Å². The summed E-state index contributed by atoms with van der Waals surface area (Å²) >= 11 is 0. The molecule has 47 heavy (non-hydrogen) atoms. The SMILES string of the molecule is COc1ccc(C(CN2CC[C@@H](CNC(=O)c3ccc4ccccc4c3)N[C@@H](CCCN=C(N)N)C2=O)c2ccc(OC)cc2)cc1. The molecule has 0 radical (unpaired) electrons. The van der Waals surface area contributed by atoms with Gasteiger partial charge in [-0.05, 0) is 77.6 Å². The summed E-state index contributed by atoms with van der Waals surface area (Å²) in [5.41, 5.74) is 13.8. The Morgan fingerprint density at radius 3 is 2.19 bits per heavy atom. The molecule has 10 heteroatoms. The van der Waals surface area contributed by atoms with E-state index < -0.39 is 6.04 Å². The quantitative estimate of drug-likeness (QED) is 0.0986. The van der Waals surface area contributed by atoms with Crippen molar-refractivity contribution in [2.45, 2.75) is 37.3 Å². The van der Waals surface area contributed by atoms with E-state index in [9.17, 15) is 9.59 Å². The Hall–Kier alpha value is -5.09. The van der Waals surface area contributed by atoms with Gasteiger partial charge >= 0.3 is 0 Å². The predicted molar refractivity (Wildman–Crippen MR) is 186 cm³/mol. The van der Waals surface area contributed by atoms with Crippen molar-refractivity contribution in [1.82, 2.24) is 15.5 Å². The molecule has 1 saturated heterocycles. The number of nitrogens with two attached hydrogens (primary N) is 2. The van der Waals surface area contributed by atoms with Gasteiger partial charge in [-0.15, -0.1) is 0 Å². The molecule has 1 aliphatic heterocycles. The van der Waals surface area contributed by atoms with Crippen LogP contribution in [0.4, 0.5) is 0 Å². The molecule has 1 fully saturated rings. The van der Waals surface area contributed by atoms with Crippen LogP contribution in [0.15, 0.2) is 96.0 Å². The second-order valence-electron chi connectivity index (χ2n) is 11.8. The van der Waals surface area contributed by atoms with Crippen LogP contribution in [0.1, 0.15) is 46.7 Å². The van der Waals surface area contributed by atoms with E-state index in [2.05, 4.69) is 15.6 Å². The number of fused-ring (bicyclic) bond motifs is 1. The molecule has 0 unspecified atom stereocenters. The standard InChI is InChI=1S/C37H44N6O4/c1-46-31-15-11-26(12-16-31)33(27-13-17-32(47-2)18-14-27)24-43-21-19-30(42-34(36(43)45)8-5-20-40-37(38)39)23-41-35(44)29-10-9-25-6-3-4-7-28(25)22-29/h3-4,6-7,9-18,22,30,33-34,42H,5,8,19-21,23-24H2,1-2H3,(H,41,44)(H4,38,39,40)/t30-,34-/m0/s1. The van der Waals surface area contributed by atoms with Crippen LogP contribution >= 0.6 is 0 Å². The first-order valence-electron chi connectivity index (χ1n) is 16.0. The van der Waals surface area contributed by atoms with Crippen molar-refractivity contribution in [1.29, 1.82) is 0 Å². The van der Waals surface area contributed by atoms with E-state index in [1.54, 1.807) is 14.2 Å². The molecule has 5 rings (SSSR count). The second kappa shape index (κ2) is 16.0. The second-order valence-corrected chi connectivity index (χ2v) is 11.8. The Morgan fingerprint density at radius 1 is 0.936 bits per heavy atom. The highest BCUT2D eigenvalue weighted by molar-refractivity contribution is 5.98. The Bertz CT molecular complexity index is 1620. The lowest BCUT2D eigenvalue weighted by Gasteiger charge is -2.29. The van der Waals surface area contributed by atoms with Crippen LogP contribution in [0.5, 0.6) is 11.5 Å². The number of hydrogen-bond donors (Lipinski definition) is 4. The first-order chi connectivity index (χ1) is 22.8. The largest absolute Gasteiger partial charge is 0.497 e. The molecule has 246 valence electrons. The van der Waals surface area contributed by atoms with Gasteiger partial charge in [0.05, 0.1) is 20.3 Å². The number of benzene rings is 4. The van der Waals surface area contributed by atoms with Crippen molar-refractivity contribution in [3.05, 3.63) is 108 Å². The Kier molecular flexibility index (Phi) is 11.3. The van der Waals surface area contributed by atoms with Crippen molar-refractivity contribution in [3.63, 3.8) is 0 Å².